The minimum absolute atomic E-state index is 0.359. The van der Waals surface area contributed by atoms with E-state index in [0.717, 1.165) is 15.6 Å². The lowest BCUT2D eigenvalue weighted by Crippen LogP contribution is -1.97. The molecule has 0 saturated carbocycles. The maximum Gasteiger partial charge on any atom is 0.134 e. The topological polar surface area (TPSA) is 56.8 Å². The summed E-state index contributed by atoms with van der Waals surface area (Å²) in [7, 11) is 0. The molecule has 0 heterocycles. The van der Waals surface area contributed by atoms with E-state index in [-0.39, 0.29) is 0 Å². The number of rotatable bonds is 5. The normalized spacial score (nSPS) is 10.8. The summed E-state index contributed by atoms with van der Waals surface area (Å²) in [6, 6.07) is 24.4. The SMILES string of the molecule is N#C/C(=C/c1ccc(OCc2ccccc2Cl)c(Br)c1)c1cccc(C#N)c1. The largest absolute Gasteiger partial charge is 0.488 e. The van der Waals surface area contributed by atoms with Crippen LogP contribution in [0.3, 0.4) is 0 Å². The Bertz CT molecular complexity index is 1130. The molecule has 0 aliphatic carbocycles. The van der Waals surface area contributed by atoms with Gasteiger partial charge in [0.15, 0.2) is 0 Å². The molecule has 0 unspecified atom stereocenters. The minimum atomic E-state index is 0.359. The van der Waals surface area contributed by atoms with E-state index in [9.17, 15) is 5.26 Å². The lowest BCUT2D eigenvalue weighted by Gasteiger charge is -2.10. The van der Waals surface area contributed by atoms with Gasteiger partial charge in [-0.2, -0.15) is 10.5 Å². The van der Waals surface area contributed by atoms with E-state index in [1.807, 2.05) is 48.5 Å². The summed E-state index contributed by atoms with van der Waals surface area (Å²) in [4.78, 5) is 0. The first-order valence-electron chi connectivity index (χ1n) is 8.39. The molecule has 0 N–H and O–H groups in total. The van der Waals surface area contributed by atoms with Gasteiger partial charge in [-0.25, -0.2) is 0 Å². The van der Waals surface area contributed by atoms with Gasteiger partial charge < -0.3 is 4.74 Å². The van der Waals surface area contributed by atoms with Crippen LogP contribution in [0.4, 0.5) is 0 Å². The molecule has 0 aliphatic rings. The molecule has 3 aromatic rings. The molecule has 3 nitrogen and oxygen atoms in total. The highest BCUT2D eigenvalue weighted by molar-refractivity contribution is 9.10. The highest BCUT2D eigenvalue weighted by atomic mass is 79.9. The summed E-state index contributed by atoms with van der Waals surface area (Å²) < 4.78 is 6.63. The Morgan fingerprint density at radius 2 is 1.86 bits per heavy atom. The molecule has 0 aromatic heterocycles. The van der Waals surface area contributed by atoms with Crippen molar-refractivity contribution in [3.63, 3.8) is 0 Å². The fourth-order valence-electron chi connectivity index (χ4n) is 2.60. The number of benzene rings is 3. The Morgan fingerprint density at radius 3 is 2.57 bits per heavy atom. The molecule has 0 bridgehead atoms. The Kier molecular flexibility index (Phi) is 6.50. The number of allylic oxidation sites excluding steroid dienone is 1. The molecule has 0 fully saturated rings. The average Bonchev–Trinajstić information content (AvgIpc) is 2.72. The van der Waals surface area contributed by atoms with E-state index >= 15 is 0 Å². The van der Waals surface area contributed by atoms with E-state index in [2.05, 4.69) is 28.1 Å². The monoisotopic (exact) mass is 448 g/mol. The number of hydrogen-bond acceptors (Lipinski definition) is 3. The van der Waals surface area contributed by atoms with Crippen LogP contribution in [-0.4, -0.2) is 0 Å². The molecule has 0 spiro atoms. The molecule has 0 saturated heterocycles. The van der Waals surface area contributed by atoms with Crippen molar-refractivity contribution in [3.8, 4) is 17.9 Å². The van der Waals surface area contributed by atoms with Crippen molar-refractivity contribution in [1.29, 1.82) is 10.5 Å². The van der Waals surface area contributed by atoms with Gasteiger partial charge in [-0.3, -0.25) is 0 Å². The van der Waals surface area contributed by atoms with Crippen LogP contribution in [0.1, 0.15) is 22.3 Å². The van der Waals surface area contributed by atoms with Crippen LogP contribution in [0.2, 0.25) is 5.02 Å². The van der Waals surface area contributed by atoms with E-state index in [1.54, 1.807) is 24.3 Å². The third-order valence-electron chi connectivity index (χ3n) is 4.03. The average molecular weight is 450 g/mol. The van der Waals surface area contributed by atoms with Crippen LogP contribution in [0.25, 0.3) is 11.6 Å². The maximum absolute atomic E-state index is 9.51. The molecule has 5 heteroatoms. The first-order chi connectivity index (χ1) is 13.6. The van der Waals surface area contributed by atoms with E-state index in [0.29, 0.717) is 34.1 Å². The van der Waals surface area contributed by atoms with Gasteiger partial charge in [0.25, 0.3) is 0 Å². The first kappa shape index (κ1) is 19.7. The molecule has 3 rings (SSSR count). The van der Waals surface area contributed by atoms with Crippen LogP contribution in [0.5, 0.6) is 5.75 Å². The first-order valence-corrected chi connectivity index (χ1v) is 9.56. The molecule has 0 atom stereocenters. The Hall–Kier alpha value is -3.05. The van der Waals surface area contributed by atoms with Crippen molar-refractivity contribution in [3.05, 3.63) is 98.5 Å². The molecule has 0 amide bonds. The summed E-state index contributed by atoms with van der Waals surface area (Å²) in [6.45, 7) is 0.359. The van der Waals surface area contributed by atoms with Gasteiger partial charge in [0, 0.05) is 10.6 Å². The molecule has 28 heavy (non-hydrogen) atoms. The number of halogens is 2. The summed E-state index contributed by atoms with van der Waals surface area (Å²) in [5.74, 6) is 0.682. The number of nitriles is 2. The highest BCUT2D eigenvalue weighted by Crippen LogP contribution is 2.29. The summed E-state index contributed by atoms with van der Waals surface area (Å²) in [6.07, 6.45) is 1.78. The Balaban J connectivity index is 1.81. The van der Waals surface area contributed by atoms with Crippen LogP contribution in [0.15, 0.2) is 71.2 Å². The molecular formula is C23H14BrClN2O. The third kappa shape index (κ3) is 4.81. The molecule has 0 aliphatic heterocycles. The van der Waals surface area contributed by atoms with Gasteiger partial charge >= 0.3 is 0 Å². The van der Waals surface area contributed by atoms with E-state index < -0.39 is 0 Å². The van der Waals surface area contributed by atoms with Gasteiger partial charge in [0.1, 0.15) is 12.4 Å². The predicted octanol–water partition coefficient (Wildman–Crippen LogP) is 6.62. The van der Waals surface area contributed by atoms with Gasteiger partial charge in [-0.1, -0.05) is 48.0 Å². The zero-order valence-electron chi connectivity index (χ0n) is 14.7. The van der Waals surface area contributed by atoms with E-state index in [4.69, 9.17) is 21.6 Å². The lowest BCUT2D eigenvalue weighted by molar-refractivity contribution is 0.304. The molecule has 0 radical (unpaired) electrons. The zero-order valence-corrected chi connectivity index (χ0v) is 17.0. The highest BCUT2D eigenvalue weighted by Gasteiger charge is 2.07. The standard InChI is InChI=1S/C23H14BrClN2O/c24-21-12-16(10-20(14-27)18-6-3-4-17(11-18)13-26)8-9-23(21)28-15-19-5-1-2-7-22(19)25/h1-12H,15H2/b20-10-. The van der Waals surface area contributed by atoms with Gasteiger partial charge in [-0.05, 0) is 63.5 Å². The number of ether oxygens (including phenoxy) is 1. The second-order valence-electron chi connectivity index (χ2n) is 5.93. The lowest BCUT2D eigenvalue weighted by atomic mass is 10.0. The van der Waals surface area contributed by atoms with Crippen LogP contribution in [0, 0.1) is 22.7 Å². The Labute approximate surface area is 177 Å². The fraction of sp³-hybridized carbons (Fsp3) is 0.0435. The van der Waals surface area contributed by atoms with Gasteiger partial charge in [0.2, 0.25) is 0 Å². The molecular weight excluding hydrogens is 436 g/mol. The fourth-order valence-corrected chi connectivity index (χ4v) is 3.30. The van der Waals surface area contributed by atoms with Crippen LogP contribution < -0.4 is 4.74 Å². The second kappa shape index (κ2) is 9.24. The Morgan fingerprint density at radius 1 is 1.04 bits per heavy atom. The van der Waals surface area contributed by atoms with Crippen LogP contribution in [-0.2, 0) is 6.61 Å². The van der Waals surface area contributed by atoms with Crippen molar-refractivity contribution >= 4 is 39.2 Å². The van der Waals surface area contributed by atoms with Gasteiger partial charge in [-0.15, -0.1) is 0 Å². The maximum atomic E-state index is 9.51. The van der Waals surface area contributed by atoms with Crippen molar-refractivity contribution in [2.45, 2.75) is 6.61 Å². The summed E-state index contributed by atoms with van der Waals surface area (Å²) in [5, 5.41) is 19.2. The number of hydrogen-bond donors (Lipinski definition) is 0. The second-order valence-corrected chi connectivity index (χ2v) is 7.19. The zero-order chi connectivity index (χ0) is 19.9. The third-order valence-corrected chi connectivity index (χ3v) is 5.02. The minimum Gasteiger partial charge on any atom is -0.488 e. The van der Waals surface area contributed by atoms with E-state index in [1.165, 1.54) is 0 Å². The predicted molar refractivity (Wildman–Crippen MR) is 115 cm³/mol. The van der Waals surface area contributed by atoms with Crippen LogP contribution >= 0.6 is 27.5 Å². The molecule has 136 valence electrons. The van der Waals surface area contributed by atoms with Gasteiger partial charge in [0.05, 0.1) is 27.7 Å². The smallest absolute Gasteiger partial charge is 0.134 e. The van der Waals surface area contributed by atoms with Crippen molar-refractivity contribution in [1.82, 2.24) is 0 Å². The summed E-state index contributed by atoms with van der Waals surface area (Å²) in [5.41, 5.74) is 3.45. The van der Waals surface area contributed by atoms with Crippen molar-refractivity contribution in [2.75, 3.05) is 0 Å². The molecule has 3 aromatic carbocycles. The quantitative estimate of drug-likeness (QED) is 0.325. The van der Waals surface area contributed by atoms with Crippen molar-refractivity contribution < 1.29 is 4.74 Å². The number of nitrogens with zero attached hydrogens (tertiary/aromatic N) is 2. The van der Waals surface area contributed by atoms with Crippen molar-refractivity contribution in [2.24, 2.45) is 0 Å². The summed E-state index contributed by atoms with van der Waals surface area (Å²) >= 11 is 9.68.